The number of carbonyl (C=O) groups excluding carboxylic acids is 1. The molecule has 0 atom stereocenters. The average molecular weight is 188 g/mol. The van der Waals surface area contributed by atoms with Gasteiger partial charge in [0.05, 0.1) is 13.2 Å². The zero-order valence-corrected chi connectivity index (χ0v) is 9.05. The van der Waals surface area contributed by atoms with E-state index in [0.717, 1.165) is 12.8 Å². The van der Waals surface area contributed by atoms with Crippen LogP contribution in [0.15, 0.2) is 0 Å². The molecule has 3 heteroatoms. The lowest BCUT2D eigenvalue weighted by molar-refractivity contribution is 0.0326. The van der Waals surface area contributed by atoms with E-state index in [4.69, 9.17) is 9.47 Å². The molecule has 0 N–H and O–H groups in total. The third-order valence-corrected chi connectivity index (χ3v) is 1.34. The molecule has 78 valence electrons. The molecule has 0 spiro atoms. The molecule has 0 heterocycles. The van der Waals surface area contributed by atoms with Crippen molar-refractivity contribution in [1.29, 1.82) is 0 Å². The SMILES string of the molecule is CCCCOC(=O)OCC(C)(C)C. The third-order valence-electron chi connectivity index (χ3n) is 1.34. The highest BCUT2D eigenvalue weighted by atomic mass is 16.7. The smallest absolute Gasteiger partial charge is 0.434 e. The van der Waals surface area contributed by atoms with Crippen molar-refractivity contribution < 1.29 is 14.3 Å². The van der Waals surface area contributed by atoms with Crippen molar-refractivity contribution in [3.05, 3.63) is 0 Å². The number of hydrogen-bond acceptors (Lipinski definition) is 3. The van der Waals surface area contributed by atoms with Gasteiger partial charge in [0.15, 0.2) is 0 Å². The van der Waals surface area contributed by atoms with Crippen LogP contribution in [-0.4, -0.2) is 19.4 Å². The zero-order chi connectivity index (χ0) is 10.3. The lowest BCUT2D eigenvalue weighted by atomic mass is 9.99. The van der Waals surface area contributed by atoms with Gasteiger partial charge in [-0.15, -0.1) is 0 Å². The number of rotatable bonds is 4. The summed E-state index contributed by atoms with van der Waals surface area (Å²) in [5.74, 6) is 0. The number of unbranched alkanes of at least 4 members (excludes halogenated alkanes) is 1. The summed E-state index contributed by atoms with van der Waals surface area (Å²) in [4.78, 5) is 10.9. The highest BCUT2D eigenvalue weighted by Crippen LogP contribution is 2.13. The van der Waals surface area contributed by atoms with E-state index in [1.165, 1.54) is 0 Å². The molecule has 0 aliphatic rings. The Labute approximate surface area is 80.4 Å². The Morgan fingerprint density at radius 1 is 1.23 bits per heavy atom. The summed E-state index contributed by atoms with van der Waals surface area (Å²) in [5.41, 5.74) is 0.00375. The van der Waals surface area contributed by atoms with E-state index in [0.29, 0.717) is 13.2 Å². The van der Waals surface area contributed by atoms with Gasteiger partial charge in [0.1, 0.15) is 0 Å². The largest absolute Gasteiger partial charge is 0.508 e. The maximum Gasteiger partial charge on any atom is 0.508 e. The van der Waals surface area contributed by atoms with Crippen LogP contribution in [0.3, 0.4) is 0 Å². The molecular weight excluding hydrogens is 168 g/mol. The molecule has 0 aromatic rings. The summed E-state index contributed by atoms with van der Waals surface area (Å²) in [7, 11) is 0. The van der Waals surface area contributed by atoms with Crippen LogP contribution in [0.4, 0.5) is 4.79 Å². The topological polar surface area (TPSA) is 35.5 Å². The summed E-state index contributed by atoms with van der Waals surface area (Å²) >= 11 is 0. The Morgan fingerprint density at radius 2 is 1.85 bits per heavy atom. The molecule has 0 saturated carbocycles. The molecule has 0 aliphatic carbocycles. The van der Waals surface area contributed by atoms with Crippen LogP contribution in [0.25, 0.3) is 0 Å². The van der Waals surface area contributed by atoms with Gasteiger partial charge in [-0.1, -0.05) is 34.1 Å². The maximum atomic E-state index is 10.9. The minimum Gasteiger partial charge on any atom is -0.434 e. The molecule has 0 radical (unpaired) electrons. The summed E-state index contributed by atoms with van der Waals surface area (Å²) in [5, 5.41) is 0. The number of hydrogen-bond donors (Lipinski definition) is 0. The third kappa shape index (κ3) is 9.18. The molecule has 3 nitrogen and oxygen atoms in total. The fraction of sp³-hybridized carbons (Fsp3) is 0.900. The Kier molecular flexibility index (Phi) is 5.51. The molecule has 0 unspecified atom stereocenters. The second-order valence-electron chi connectivity index (χ2n) is 4.30. The van der Waals surface area contributed by atoms with E-state index in [1.807, 2.05) is 27.7 Å². The van der Waals surface area contributed by atoms with Crippen LogP contribution in [0.1, 0.15) is 40.5 Å². The van der Waals surface area contributed by atoms with Crippen molar-refractivity contribution in [2.45, 2.75) is 40.5 Å². The molecular formula is C10H20O3. The van der Waals surface area contributed by atoms with Gasteiger partial charge in [0.2, 0.25) is 0 Å². The fourth-order valence-electron chi connectivity index (χ4n) is 0.617. The fourth-order valence-corrected chi connectivity index (χ4v) is 0.617. The van der Waals surface area contributed by atoms with Crippen LogP contribution in [0.2, 0.25) is 0 Å². The Hall–Kier alpha value is -0.730. The average Bonchev–Trinajstić information content (AvgIpc) is 2.00. The quantitative estimate of drug-likeness (QED) is 0.502. The summed E-state index contributed by atoms with van der Waals surface area (Å²) in [6.07, 6.45) is 1.36. The number of ether oxygens (including phenoxy) is 2. The van der Waals surface area contributed by atoms with Crippen molar-refractivity contribution in [3.63, 3.8) is 0 Å². The van der Waals surface area contributed by atoms with Crippen LogP contribution >= 0.6 is 0 Å². The first-order valence-electron chi connectivity index (χ1n) is 4.75. The van der Waals surface area contributed by atoms with Gasteiger partial charge in [-0.05, 0) is 11.8 Å². The van der Waals surface area contributed by atoms with E-state index >= 15 is 0 Å². The first kappa shape index (κ1) is 12.3. The first-order valence-corrected chi connectivity index (χ1v) is 4.75. The van der Waals surface area contributed by atoms with Crippen molar-refractivity contribution in [2.75, 3.05) is 13.2 Å². The molecule has 0 amide bonds. The van der Waals surface area contributed by atoms with Gasteiger partial charge in [0.25, 0.3) is 0 Å². The minimum atomic E-state index is -0.552. The molecule has 0 saturated heterocycles. The summed E-state index contributed by atoms with van der Waals surface area (Å²) in [6.45, 7) is 8.92. The van der Waals surface area contributed by atoms with Gasteiger partial charge in [-0.2, -0.15) is 0 Å². The van der Waals surface area contributed by atoms with E-state index in [9.17, 15) is 4.79 Å². The van der Waals surface area contributed by atoms with Gasteiger partial charge >= 0.3 is 6.16 Å². The Bertz CT molecular complexity index is 147. The van der Waals surface area contributed by atoms with Gasteiger partial charge in [0, 0.05) is 0 Å². The normalized spacial score (nSPS) is 11.1. The Morgan fingerprint density at radius 3 is 2.31 bits per heavy atom. The zero-order valence-electron chi connectivity index (χ0n) is 9.05. The second-order valence-corrected chi connectivity index (χ2v) is 4.30. The number of carbonyl (C=O) groups is 1. The standard InChI is InChI=1S/C10H20O3/c1-5-6-7-12-9(11)13-8-10(2,3)4/h5-8H2,1-4H3. The van der Waals surface area contributed by atoms with Crippen molar-refractivity contribution >= 4 is 6.16 Å². The second kappa shape index (κ2) is 5.84. The predicted molar refractivity (Wildman–Crippen MR) is 51.7 cm³/mol. The van der Waals surface area contributed by atoms with E-state index < -0.39 is 6.16 Å². The highest BCUT2D eigenvalue weighted by Gasteiger charge is 2.13. The monoisotopic (exact) mass is 188 g/mol. The maximum absolute atomic E-state index is 10.9. The lowest BCUT2D eigenvalue weighted by Gasteiger charge is -2.17. The molecule has 13 heavy (non-hydrogen) atoms. The van der Waals surface area contributed by atoms with Crippen LogP contribution < -0.4 is 0 Å². The molecule has 0 aliphatic heterocycles. The molecule has 0 bridgehead atoms. The molecule has 0 aromatic heterocycles. The first-order chi connectivity index (χ1) is 5.95. The van der Waals surface area contributed by atoms with Crippen LogP contribution in [-0.2, 0) is 9.47 Å². The van der Waals surface area contributed by atoms with Gasteiger partial charge in [-0.25, -0.2) is 4.79 Å². The summed E-state index contributed by atoms with van der Waals surface area (Å²) < 4.78 is 9.71. The van der Waals surface area contributed by atoms with E-state index in [-0.39, 0.29) is 5.41 Å². The van der Waals surface area contributed by atoms with Crippen molar-refractivity contribution in [2.24, 2.45) is 5.41 Å². The van der Waals surface area contributed by atoms with Crippen molar-refractivity contribution in [3.8, 4) is 0 Å². The van der Waals surface area contributed by atoms with Crippen molar-refractivity contribution in [1.82, 2.24) is 0 Å². The van der Waals surface area contributed by atoms with Gasteiger partial charge < -0.3 is 9.47 Å². The highest BCUT2D eigenvalue weighted by molar-refractivity contribution is 5.59. The predicted octanol–water partition coefficient (Wildman–Crippen LogP) is 2.99. The van der Waals surface area contributed by atoms with E-state index in [1.54, 1.807) is 0 Å². The van der Waals surface area contributed by atoms with Gasteiger partial charge in [-0.3, -0.25) is 0 Å². The van der Waals surface area contributed by atoms with E-state index in [2.05, 4.69) is 0 Å². The van der Waals surface area contributed by atoms with Crippen LogP contribution in [0, 0.1) is 5.41 Å². The molecule has 0 rings (SSSR count). The lowest BCUT2D eigenvalue weighted by Crippen LogP contribution is -2.19. The minimum absolute atomic E-state index is 0.00375. The molecule has 0 aromatic carbocycles. The summed E-state index contributed by atoms with van der Waals surface area (Å²) in [6, 6.07) is 0. The Balaban J connectivity index is 3.41. The van der Waals surface area contributed by atoms with Crippen LogP contribution in [0.5, 0.6) is 0 Å². The molecule has 0 fully saturated rings.